The molecule has 1 saturated heterocycles. The number of fused-ring (bicyclic) bond motifs is 1. The Bertz CT molecular complexity index is 1560. The predicted octanol–water partition coefficient (Wildman–Crippen LogP) is 6.12. The first-order chi connectivity index (χ1) is 19.1. The molecule has 2 aliphatic rings. The van der Waals surface area contributed by atoms with Crippen molar-refractivity contribution in [2.45, 2.75) is 44.7 Å². The molecule has 0 saturated carbocycles. The third kappa shape index (κ3) is 5.01. The van der Waals surface area contributed by atoms with Gasteiger partial charge in [0.25, 0.3) is 5.91 Å². The van der Waals surface area contributed by atoms with Crippen molar-refractivity contribution in [1.29, 1.82) is 5.26 Å². The van der Waals surface area contributed by atoms with Crippen LogP contribution in [0.2, 0.25) is 10.0 Å². The Morgan fingerprint density at radius 1 is 1.23 bits per heavy atom. The van der Waals surface area contributed by atoms with Crippen LogP contribution in [0.1, 0.15) is 59.9 Å². The Kier molecular flexibility index (Phi) is 7.97. The SMILES string of the molecule is COC1=C(c2cc(Cl)cc(Cl)c2)C(=O)N2C[C@@H](n3nnc(C(=O)CC(C)C)c3I)C[C@@]12Cc1ccc(C#N)cc1. The van der Waals surface area contributed by atoms with Gasteiger partial charge in [0.2, 0.25) is 0 Å². The molecule has 0 bridgehead atoms. The number of hydrogen-bond acceptors (Lipinski definition) is 6. The van der Waals surface area contributed by atoms with Gasteiger partial charge in [-0.15, -0.1) is 5.10 Å². The van der Waals surface area contributed by atoms with Gasteiger partial charge in [-0.1, -0.05) is 54.4 Å². The highest BCUT2D eigenvalue weighted by molar-refractivity contribution is 14.1. The minimum Gasteiger partial charge on any atom is -0.498 e. The van der Waals surface area contributed by atoms with E-state index in [4.69, 9.17) is 27.9 Å². The van der Waals surface area contributed by atoms with Crippen molar-refractivity contribution in [2.75, 3.05) is 13.7 Å². The standard InChI is InChI=1S/C29H26Cl2IN5O3/c1-16(2)8-23(38)25-27(32)37(35-34-25)22-13-29(12-17-4-6-18(14-33)7-5-17)26(40-3)24(28(39)36(29)15-22)19-9-20(30)11-21(31)10-19/h4-7,9-11,16,22H,8,12-13,15H2,1-3H3/t22-,29-/m0/s1. The van der Waals surface area contributed by atoms with Gasteiger partial charge in [-0.05, 0) is 70.0 Å². The number of carbonyl (C=O) groups excluding carboxylic acids is 2. The van der Waals surface area contributed by atoms with Gasteiger partial charge in [-0.3, -0.25) is 9.59 Å². The number of amides is 1. The molecular weight excluding hydrogens is 664 g/mol. The first kappa shape index (κ1) is 28.6. The van der Waals surface area contributed by atoms with E-state index in [1.807, 2.05) is 30.9 Å². The van der Waals surface area contributed by atoms with Gasteiger partial charge in [0.1, 0.15) is 15.0 Å². The number of ether oxygens (including phenoxy) is 1. The van der Waals surface area contributed by atoms with Crippen LogP contribution in [0.25, 0.3) is 5.57 Å². The molecule has 0 spiro atoms. The number of carbonyl (C=O) groups is 2. The van der Waals surface area contributed by atoms with Crippen LogP contribution in [-0.2, 0) is 16.0 Å². The number of nitrogens with zero attached hydrogens (tertiary/aromatic N) is 5. The summed E-state index contributed by atoms with van der Waals surface area (Å²) in [5, 5.41) is 18.7. The van der Waals surface area contributed by atoms with E-state index < -0.39 is 5.54 Å². The van der Waals surface area contributed by atoms with Crippen LogP contribution in [0.3, 0.4) is 0 Å². The summed E-state index contributed by atoms with van der Waals surface area (Å²) >= 11 is 14.7. The Labute approximate surface area is 256 Å². The van der Waals surface area contributed by atoms with Gasteiger partial charge < -0.3 is 9.64 Å². The molecule has 11 heteroatoms. The maximum Gasteiger partial charge on any atom is 0.258 e. The Morgan fingerprint density at radius 3 is 2.50 bits per heavy atom. The van der Waals surface area contributed by atoms with Gasteiger partial charge in [-0.25, -0.2) is 4.68 Å². The number of nitriles is 1. The third-order valence-electron chi connectivity index (χ3n) is 7.37. The normalized spacial score (nSPS) is 20.3. The van der Waals surface area contributed by atoms with Crippen LogP contribution < -0.4 is 0 Å². The summed E-state index contributed by atoms with van der Waals surface area (Å²) in [7, 11) is 1.56. The van der Waals surface area contributed by atoms with E-state index in [1.165, 1.54) is 0 Å². The molecule has 2 aliphatic heterocycles. The predicted molar refractivity (Wildman–Crippen MR) is 160 cm³/mol. The lowest BCUT2D eigenvalue weighted by Crippen LogP contribution is -2.45. The summed E-state index contributed by atoms with van der Waals surface area (Å²) in [6.07, 6.45) is 1.32. The van der Waals surface area contributed by atoms with Crippen molar-refractivity contribution in [3.05, 3.63) is 84.4 Å². The van der Waals surface area contributed by atoms with Crippen LogP contribution in [0.4, 0.5) is 0 Å². The molecule has 0 unspecified atom stereocenters. The van der Waals surface area contributed by atoms with Crippen molar-refractivity contribution in [3.63, 3.8) is 0 Å². The minimum absolute atomic E-state index is 0.0508. The maximum atomic E-state index is 14.1. The van der Waals surface area contributed by atoms with Crippen molar-refractivity contribution < 1.29 is 14.3 Å². The van der Waals surface area contributed by atoms with Crippen molar-refractivity contribution in [2.24, 2.45) is 5.92 Å². The van der Waals surface area contributed by atoms with Crippen molar-refractivity contribution in [3.8, 4) is 6.07 Å². The summed E-state index contributed by atoms with van der Waals surface area (Å²) in [5.41, 5.74) is 2.01. The fourth-order valence-electron chi connectivity index (χ4n) is 5.75. The maximum absolute atomic E-state index is 14.1. The smallest absolute Gasteiger partial charge is 0.258 e. The zero-order chi connectivity index (χ0) is 28.8. The van der Waals surface area contributed by atoms with Crippen LogP contribution in [0.15, 0.2) is 48.2 Å². The number of halogens is 3. The van der Waals surface area contributed by atoms with E-state index in [9.17, 15) is 14.9 Å². The number of rotatable bonds is 8. The van der Waals surface area contributed by atoms with E-state index in [2.05, 4.69) is 39.0 Å². The second-order valence-electron chi connectivity index (χ2n) is 10.6. The van der Waals surface area contributed by atoms with Gasteiger partial charge in [-0.2, -0.15) is 5.26 Å². The second-order valence-corrected chi connectivity index (χ2v) is 12.4. The Balaban J connectivity index is 1.61. The van der Waals surface area contributed by atoms with Crippen LogP contribution in [0.5, 0.6) is 0 Å². The summed E-state index contributed by atoms with van der Waals surface area (Å²) < 4.78 is 8.45. The minimum atomic E-state index is -0.841. The highest BCUT2D eigenvalue weighted by Gasteiger charge is 2.59. The number of benzene rings is 2. The van der Waals surface area contributed by atoms with Crippen LogP contribution in [0, 0.1) is 20.9 Å². The average molecular weight is 690 g/mol. The van der Waals surface area contributed by atoms with E-state index in [-0.39, 0.29) is 23.7 Å². The summed E-state index contributed by atoms with van der Waals surface area (Å²) in [5.74, 6) is 0.475. The number of aromatic nitrogens is 3. The molecule has 206 valence electrons. The molecule has 3 aromatic rings. The van der Waals surface area contributed by atoms with Crippen LogP contribution >= 0.6 is 45.8 Å². The topological polar surface area (TPSA) is 101 Å². The third-order valence-corrected chi connectivity index (χ3v) is 8.81. The van der Waals surface area contributed by atoms with E-state index in [1.54, 1.807) is 42.1 Å². The van der Waals surface area contributed by atoms with Gasteiger partial charge in [0.15, 0.2) is 11.5 Å². The lowest BCUT2D eigenvalue weighted by molar-refractivity contribution is -0.126. The van der Waals surface area contributed by atoms with Crippen molar-refractivity contribution in [1.82, 2.24) is 19.9 Å². The van der Waals surface area contributed by atoms with E-state index in [0.717, 1.165) is 5.56 Å². The van der Waals surface area contributed by atoms with Crippen molar-refractivity contribution >= 4 is 63.1 Å². The van der Waals surface area contributed by atoms with Crippen LogP contribution in [-0.4, -0.2) is 50.8 Å². The Hall–Kier alpha value is -2.94. The molecule has 0 N–H and O–H groups in total. The molecule has 2 aromatic carbocycles. The summed E-state index contributed by atoms with van der Waals surface area (Å²) in [6.45, 7) is 4.32. The molecule has 0 radical (unpaired) electrons. The monoisotopic (exact) mass is 689 g/mol. The largest absolute Gasteiger partial charge is 0.498 e. The van der Waals surface area contributed by atoms with Gasteiger partial charge >= 0.3 is 0 Å². The Morgan fingerprint density at radius 2 is 1.90 bits per heavy atom. The van der Waals surface area contributed by atoms with Gasteiger partial charge in [0.05, 0.1) is 30.4 Å². The molecule has 1 fully saturated rings. The fourth-order valence-corrected chi connectivity index (χ4v) is 7.18. The molecule has 3 heterocycles. The summed E-state index contributed by atoms with van der Waals surface area (Å²) in [4.78, 5) is 28.8. The number of ketones is 1. The summed E-state index contributed by atoms with van der Waals surface area (Å²) in [6, 6.07) is 14.3. The highest BCUT2D eigenvalue weighted by Crippen LogP contribution is 2.52. The fraction of sp³-hybridized carbons (Fsp3) is 0.345. The molecule has 1 aromatic heterocycles. The first-order valence-corrected chi connectivity index (χ1v) is 14.6. The molecule has 0 aliphatic carbocycles. The molecular formula is C29H26Cl2IN5O3. The molecule has 1 amide bonds. The lowest BCUT2D eigenvalue weighted by Gasteiger charge is -2.34. The molecule has 2 atom stereocenters. The molecule has 40 heavy (non-hydrogen) atoms. The van der Waals surface area contributed by atoms with E-state index in [0.29, 0.717) is 67.7 Å². The molecule has 5 rings (SSSR count). The number of hydrogen-bond donors (Lipinski definition) is 0. The quantitative estimate of drug-likeness (QED) is 0.209. The zero-order valence-corrected chi connectivity index (χ0v) is 25.8. The average Bonchev–Trinajstić information content (AvgIpc) is 3.52. The lowest BCUT2D eigenvalue weighted by atomic mass is 9.85. The van der Waals surface area contributed by atoms with E-state index >= 15 is 0 Å². The number of methoxy groups -OCH3 is 1. The second kappa shape index (κ2) is 11.1. The highest BCUT2D eigenvalue weighted by atomic mass is 127. The molecule has 8 nitrogen and oxygen atoms in total. The first-order valence-electron chi connectivity index (χ1n) is 12.8. The van der Waals surface area contributed by atoms with Gasteiger partial charge in [0, 0.05) is 35.9 Å². The number of Topliss-reactive ketones (excluding diaryl/α,β-unsaturated/α-hetero) is 1. The zero-order valence-electron chi connectivity index (χ0n) is 22.1.